The smallest absolute Gasteiger partial charge is 0.0950 e. The molecule has 0 aliphatic carbocycles. The molecule has 3 nitrogen and oxygen atoms in total. The number of aliphatic hydroxyl groups excluding tert-OH is 1. The van der Waals surface area contributed by atoms with Gasteiger partial charge in [-0.25, -0.2) is 0 Å². The lowest BCUT2D eigenvalue weighted by atomic mass is 10.1. The number of ether oxygens (including phenoxy) is 1. The molecule has 1 fully saturated rings. The Labute approximate surface area is 109 Å². The summed E-state index contributed by atoms with van der Waals surface area (Å²) >= 11 is 0. The highest BCUT2D eigenvalue weighted by Gasteiger charge is 2.30. The van der Waals surface area contributed by atoms with Gasteiger partial charge in [-0.05, 0) is 31.5 Å². The minimum atomic E-state index is -0.318. The van der Waals surface area contributed by atoms with Gasteiger partial charge in [0.05, 0.1) is 25.4 Å². The van der Waals surface area contributed by atoms with Crippen LogP contribution in [0, 0.1) is 0 Å². The summed E-state index contributed by atoms with van der Waals surface area (Å²) in [6.07, 6.45) is 1.91. The van der Waals surface area contributed by atoms with Crippen LogP contribution in [0.2, 0.25) is 0 Å². The first-order chi connectivity index (χ1) is 8.81. The van der Waals surface area contributed by atoms with E-state index in [0.29, 0.717) is 13.2 Å². The lowest BCUT2D eigenvalue weighted by Crippen LogP contribution is -2.43. The molecule has 3 heteroatoms. The first kappa shape index (κ1) is 13.5. The van der Waals surface area contributed by atoms with Gasteiger partial charge in [-0.1, -0.05) is 37.3 Å². The van der Waals surface area contributed by atoms with Gasteiger partial charge in [-0.2, -0.15) is 0 Å². The van der Waals surface area contributed by atoms with Crippen molar-refractivity contribution in [1.82, 2.24) is 4.90 Å². The standard InChI is InChI=1S/C15H23NO2/c1-2-16(14-11-18-12-15(14)17)10-6-9-13-7-4-3-5-8-13/h3-5,7-8,14-15,17H,2,6,9-12H2,1H3/t14-,15-/m0/s1. The second-order valence-electron chi connectivity index (χ2n) is 4.89. The Morgan fingerprint density at radius 1 is 1.28 bits per heavy atom. The van der Waals surface area contributed by atoms with Crippen molar-refractivity contribution >= 4 is 0 Å². The van der Waals surface area contributed by atoms with Crippen molar-refractivity contribution < 1.29 is 9.84 Å². The van der Waals surface area contributed by atoms with E-state index in [-0.39, 0.29) is 12.1 Å². The molecule has 1 aromatic rings. The van der Waals surface area contributed by atoms with Gasteiger partial charge in [0.2, 0.25) is 0 Å². The zero-order chi connectivity index (χ0) is 12.8. The van der Waals surface area contributed by atoms with Crippen LogP contribution in [0.15, 0.2) is 30.3 Å². The summed E-state index contributed by atoms with van der Waals surface area (Å²) in [4.78, 5) is 2.33. The van der Waals surface area contributed by atoms with Crippen molar-refractivity contribution in [3.05, 3.63) is 35.9 Å². The van der Waals surface area contributed by atoms with E-state index in [1.54, 1.807) is 0 Å². The summed E-state index contributed by atoms with van der Waals surface area (Å²) in [5, 5.41) is 9.84. The lowest BCUT2D eigenvalue weighted by Gasteiger charge is -2.28. The maximum Gasteiger partial charge on any atom is 0.0950 e. The van der Waals surface area contributed by atoms with E-state index in [0.717, 1.165) is 25.9 Å². The second-order valence-corrected chi connectivity index (χ2v) is 4.89. The number of hydrogen-bond donors (Lipinski definition) is 1. The molecule has 2 atom stereocenters. The number of nitrogens with zero attached hydrogens (tertiary/aromatic N) is 1. The molecule has 1 aromatic carbocycles. The zero-order valence-corrected chi connectivity index (χ0v) is 11.1. The van der Waals surface area contributed by atoms with Crippen LogP contribution in [-0.4, -0.2) is 48.5 Å². The van der Waals surface area contributed by atoms with Crippen molar-refractivity contribution in [2.45, 2.75) is 31.9 Å². The molecule has 0 saturated carbocycles. The van der Waals surface area contributed by atoms with E-state index in [9.17, 15) is 5.11 Å². The van der Waals surface area contributed by atoms with Gasteiger partial charge in [0, 0.05) is 0 Å². The Kier molecular flexibility index (Phi) is 5.17. The third kappa shape index (κ3) is 3.55. The highest BCUT2D eigenvalue weighted by Crippen LogP contribution is 2.14. The SMILES string of the molecule is CCN(CCCc1ccccc1)[C@H]1COC[C@@H]1O. The topological polar surface area (TPSA) is 32.7 Å². The quantitative estimate of drug-likeness (QED) is 0.833. The Morgan fingerprint density at radius 3 is 2.67 bits per heavy atom. The summed E-state index contributed by atoms with van der Waals surface area (Å²) in [6.45, 7) is 5.30. The molecule has 0 spiro atoms. The molecule has 1 N–H and O–H groups in total. The van der Waals surface area contributed by atoms with Gasteiger partial charge >= 0.3 is 0 Å². The molecule has 1 aliphatic heterocycles. The Morgan fingerprint density at radius 2 is 2.06 bits per heavy atom. The van der Waals surface area contributed by atoms with Crippen molar-refractivity contribution in [1.29, 1.82) is 0 Å². The van der Waals surface area contributed by atoms with Gasteiger partial charge in [0.15, 0.2) is 0 Å². The van der Waals surface area contributed by atoms with E-state index < -0.39 is 0 Å². The molecule has 100 valence electrons. The Balaban J connectivity index is 1.77. The van der Waals surface area contributed by atoms with Crippen molar-refractivity contribution in [2.24, 2.45) is 0 Å². The lowest BCUT2D eigenvalue weighted by molar-refractivity contribution is 0.0843. The fourth-order valence-corrected chi connectivity index (χ4v) is 2.57. The minimum absolute atomic E-state index is 0.186. The molecule has 2 rings (SSSR count). The molecule has 0 bridgehead atoms. The van der Waals surface area contributed by atoms with Crippen LogP contribution in [0.25, 0.3) is 0 Å². The third-order valence-electron chi connectivity index (χ3n) is 3.65. The molecule has 18 heavy (non-hydrogen) atoms. The zero-order valence-electron chi connectivity index (χ0n) is 11.1. The summed E-state index contributed by atoms with van der Waals surface area (Å²) in [5.74, 6) is 0. The average molecular weight is 249 g/mol. The van der Waals surface area contributed by atoms with Crippen molar-refractivity contribution in [3.8, 4) is 0 Å². The average Bonchev–Trinajstić information content (AvgIpc) is 2.82. The normalized spacial score (nSPS) is 23.7. The van der Waals surface area contributed by atoms with Crippen LogP contribution in [0.5, 0.6) is 0 Å². The molecule has 1 saturated heterocycles. The predicted molar refractivity (Wildman–Crippen MR) is 72.6 cm³/mol. The maximum absolute atomic E-state index is 9.84. The highest BCUT2D eigenvalue weighted by atomic mass is 16.5. The molecule has 0 unspecified atom stereocenters. The van der Waals surface area contributed by atoms with Crippen LogP contribution in [0.3, 0.4) is 0 Å². The van der Waals surface area contributed by atoms with Crippen LogP contribution in [0.4, 0.5) is 0 Å². The second kappa shape index (κ2) is 6.88. The number of likely N-dealkylation sites (N-methyl/N-ethyl adjacent to an activating group) is 1. The molecular weight excluding hydrogens is 226 g/mol. The van der Waals surface area contributed by atoms with Crippen LogP contribution >= 0.6 is 0 Å². The van der Waals surface area contributed by atoms with Crippen LogP contribution in [-0.2, 0) is 11.2 Å². The summed E-state index contributed by atoms with van der Waals surface area (Å²) in [5.41, 5.74) is 1.39. The largest absolute Gasteiger partial charge is 0.389 e. The Hall–Kier alpha value is -0.900. The van der Waals surface area contributed by atoms with Gasteiger partial charge in [0.25, 0.3) is 0 Å². The number of aliphatic hydroxyl groups is 1. The van der Waals surface area contributed by atoms with Crippen LogP contribution in [0.1, 0.15) is 18.9 Å². The van der Waals surface area contributed by atoms with Gasteiger partial charge in [-0.15, -0.1) is 0 Å². The first-order valence-corrected chi connectivity index (χ1v) is 6.85. The van der Waals surface area contributed by atoms with Crippen LogP contribution < -0.4 is 0 Å². The van der Waals surface area contributed by atoms with Gasteiger partial charge < -0.3 is 9.84 Å². The van der Waals surface area contributed by atoms with Crippen molar-refractivity contribution in [3.63, 3.8) is 0 Å². The van der Waals surface area contributed by atoms with Gasteiger partial charge in [0.1, 0.15) is 0 Å². The molecule has 0 amide bonds. The summed E-state index contributed by atoms with van der Waals surface area (Å²) in [7, 11) is 0. The maximum atomic E-state index is 9.84. The highest BCUT2D eigenvalue weighted by molar-refractivity contribution is 5.14. The number of hydrogen-bond acceptors (Lipinski definition) is 3. The fourth-order valence-electron chi connectivity index (χ4n) is 2.57. The first-order valence-electron chi connectivity index (χ1n) is 6.85. The van der Waals surface area contributed by atoms with E-state index in [1.165, 1.54) is 5.56 Å². The van der Waals surface area contributed by atoms with E-state index in [2.05, 4.69) is 36.1 Å². The number of aryl methyl sites for hydroxylation is 1. The fraction of sp³-hybridized carbons (Fsp3) is 0.600. The molecule has 0 radical (unpaired) electrons. The molecule has 1 heterocycles. The van der Waals surface area contributed by atoms with E-state index >= 15 is 0 Å². The molecule has 0 aromatic heterocycles. The number of benzene rings is 1. The third-order valence-corrected chi connectivity index (χ3v) is 3.65. The van der Waals surface area contributed by atoms with Crippen molar-refractivity contribution in [2.75, 3.05) is 26.3 Å². The monoisotopic (exact) mass is 249 g/mol. The number of rotatable bonds is 6. The van der Waals surface area contributed by atoms with E-state index in [4.69, 9.17) is 4.74 Å². The summed E-state index contributed by atoms with van der Waals surface area (Å²) in [6, 6.07) is 10.7. The minimum Gasteiger partial charge on any atom is -0.389 e. The molecule has 1 aliphatic rings. The summed E-state index contributed by atoms with van der Waals surface area (Å²) < 4.78 is 5.33. The Bertz CT molecular complexity index is 342. The molecular formula is C15H23NO2. The predicted octanol–water partition coefficient (Wildman–Crippen LogP) is 1.70. The van der Waals surface area contributed by atoms with Gasteiger partial charge in [-0.3, -0.25) is 4.90 Å². The van der Waals surface area contributed by atoms with E-state index in [1.807, 2.05) is 6.07 Å².